The second kappa shape index (κ2) is 5.73. The molecule has 1 aromatic rings. The monoisotopic (exact) mass is 278 g/mol. The minimum atomic E-state index is -0.426. The van der Waals surface area contributed by atoms with Crippen molar-refractivity contribution in [1.82, 2.24) is 14.9 Å². The number of hydrogen-bond donors (Lipinski definition) is 0. The Hall–Kier alpha value is -1.72. The molecule has 2 aliphatic rings. The second-order valence-electron chi connectivity index (χ2n) is 5.49. The minimum absolute atomic E-state index is 0.253. The summed E-state index contributed by atoms with van der Waals surface area (Å²) in [4.78, 5) is 24.3. The molecule has 0 bridgehead atoms. The highest BCUT2D eigenvalue weighted by Crippen LogP contribution is 2.28. The Balaban J connectivity index is 1.61. The fourth-order valence-electron chi connectivity index (χ4n) is 2.72. The zero-order valence-corrected chi connectivity index (χ0v) is 11.5. The van der Waals surface area contributed by atoms with E-state index in [4.69, 9.17) is 0 Å². The maximum atomic E-state index is 12.8. The topological polar surface area (TPSA) is 49.3 Å². The predicted octanol–water partition coefficient (Wildman–Crippen LogP) is 1.45. The van der Waals surface area contributed by atoms with Gasteiger partial charge in [0.15, 0.2) is 5.82 Å². The lowest BCUT2D eigenvalue weighted by molar-refractivity contribution is -0.137. The number of hydrogen-bond acceptors (Lipinski definition) is 4. The Labute approximate surface area is 117 Å². The van der Waals surface area contributed by atoms with Gasteiger partial charge in [0.05, 0.1) is 12.4 Å². The van der Waals surface area contributed by atoms with Crippen LogP contribution in [0.1, 0.15) is 25.7 Å². The van der Waals surface area contributed by atoms with E-state index in [9.17, 15) is 9.18 Å². The smallest absolute Gasteiger partial charge is 0.225 e. The van der Waals surface area contributed by atoms with Gasteiger partial charge in [0, 0.05) is 32.1 Å². The Morgan fingerprint density at radius 1 is 1.10 bits per heavy atom. The molecular formula is C14H19FN4O. The Morgan fingerprint density at radius 3 is 2.50 bits per heavy atom. The molecule has 0 spiro atoms. The van der Waals surface area contributed by atoms with Gasteiger partial charge in [0.1, 0.15) is 0 Å². The molecule has 0 N–H and O–H groups in total. The van der Waals surface area contributed by atoms with Crippen molar-refractivity contribution in [1.29, 1.82) is 0 Å². The van der Waals surface area contributed by atoms with Crippen molar-refractivity contribution in [3.63, 3.8) is 0 Å². The van der Waals surface area contributed by atoms with Crippen LogP contribution in [0, 0.1) is 11.7 Å². The van der Waals surface area contributed by atoms with Gasteiger partial charge in [-0.2, -0.15) is 0 Å². The van der Waals surface area contributed by atoms with Crippen molar-refractivity contribution in [2.75, 3.05) is 31.1 Å². The van der Waals surface area contributed by atoms with Gasteiger partial charge in [-0.25, -0.2) is 14.4 Å². The zero-order valence-electron chi connectivity index (χ0n) is 11.5. The minimum Gasteiger partial charge on any atom is -0.341 e. The highest BCUT2D eigenvalue weighted by atomic mass is 19.1. The molecule has 1 amide bonds. The Bertz CT molecular complexity index is 475. The third kappa shape index (κ3) is 2.73. The molecular weight excluding hydrogens is 259 g/mol. The van der Waals surface area contributed by atoms with Gasteiger partial charge >= 0.3 is 0 Å². The van der Waals surface area contributed by atoms with Crippen molar-refractivity contribution in [3.8, 4) is 0 Å². The van der Waals surface area contributed by atoms with E-state index >= 15 is 0 Å². The highest BCUT2D eigenvalue weighted by Gasteiger charge is 2.30. The number of aromatic nitrogens is 2. The van der Waals surface area contributed by atoms with Crippen LogP contribution in [0.25, 0.3) is 0 Å². The molecule has 0 radical (unpaired) electrons. The van der Waals surface area contributed by atoms with E-state index in [-0.39, 0.29) is 5.92 Å². The normalized spacial score (nSPS) is 20.4. The molecule has 3 rings (SSSR count). The molecule has 0 atom stereocenters. The Kier molecular flexibility index (Phi) is 3.80. The molecule has 1 aromatic heterocycles. The maximum absolute atomic E-state index is 12.8. The number of amides is 1. The van der Waals surface area contributed by atoms with E-state index in [2.05, 4.69) is 9.97 Å². The summed E-state index contributed by atoms with van der Waals surface area (Å²) in [6.07, 6.45) is 6.54. The van der Waals surface area contributed by atoms with Crippen LogP contribution < -0.4 is 4.90 Å². The molecule has 1 saturated heterocycles. The van der Waals surface area contributed by atoms with Crippen LogP contribution in [0.15, 0.2) is 12.4 Å². The molecule has 5 nitrogen and oxygen atoms in total. The summed E-state index contributed by atoms with van der Waals surface area (Å²) in [6.45, 7) is 3.02. The summed E-state index contributed by atoms with van der Waals surface area (Å²) in [5, 5.41) is 0. The highest BCUT2D eigenvalue weighted by molar-refractivity contribution is 5.79. The quantitative estimate of drug-likeness (QED) is 0.821. The molecule has 0 aromatic carbocycles. The van der Waals surface area contributed by atoms with E-state index in [1.54, 1.807) is 0 Å². The zero-order chi connectivity index (χ0) is 13.9. The fourth-order valence-corrected chi connectivity index (χ4v) is 2.72. The van der Waals surface area contributed by atoms with E-state index in [0.29, 0.717) is 24.9 Å². The average Bonchev–Trinajstić information content (AvgIpc) is 2.63. The SMILES string of the molecule is O=C(C1CCC1)N1CCCN(c2ncc(F)cn2)CC1. The van der Waals surface area contributed by atoms with Crippen LogP contribution in [0.5, 0.6) is 0 Å². The molecule has 1 aliphatic carbocycles. The summed E-state index contributed by atoms with van der Waals surface area (Å²) >= 11 is 0. The van der Waals surface area contributed by atoms with Gasteiger partial charge in [-0.1, -0.05) is 6.42 Å². The van der Waals surface area contributed by atoms with Crippen LogP contribution in [0.2, 0.25) is 0 Å². The second-order valence-corrected chi connectivity index (χ2v) is 5.49. The van der Waals surface area contributed by atoms with Crippen LogP contribution in [0.3, 0.4) is 0 Å². The molecule has 20 heavy (non-hydrogen) atoms. The summed E-state index contributed by atoms with van der Waals surface area (Å²) in [5.74, 6) is 0.677. The fraction of sp³-hybridized carbons (Fsp3) is 0.643. The first-order valence-corrected chi connectivity index (χ1v) is 7.25. The van der Waals surface area contributed by atoms with Crippen molar-refractivity contribution >= 4 is 11.9 Å². The van der Waals surface area contributed by atoms with E-state index < -0.39 is 5.82 Å². The van der Waals surface area contributed by atoms with Gasteiger partial charge in [0.2, 0.25) is 11.9 Å². The van der Waals surface area contributed by atoms with Gasteiger partial charge in [-0.15, -0.1) is 0 Å². The molecule has 108 valence electrons. The number of carbonyl (C=O) groups is 1. The van der Waals surface area contributed by atoms with Gasteiger partial charge < -0.3 is 9.80 Å². The summed E-state index contributed by atoms with van der Waals surface area (Å²) in [6, 6.07) is 0. The van der Waals surface area contributed by atoms with Crippen molar-refractivity contribution in [2.45, 2.75) is 25.7 Å². The van der Waals surface area contributed by atoms with E-state index in [0.717, 1.165) is 32.4 Å². The summed E-state index contributed by atoms with van der Waals surface area (Å²) in [5.41, 5.74) is 0. The lowest BCUT2D eigenvalue weighted by atomic mass is 9.84. The standard InChI is InChI=1S/C14H19FN4O/c15-12-9-16-14(17-10-12)19-6-2-5-18(7-8-19)13(20)11-3-1-4-11/h9-11H,1-8H2. The molecule has 1 saturated carbocycles. The van der Waals surface area contributed by atoms with Crippen LogP contribution >= 0.6 is 0 Å². The summed E-state index contributed by atoms with van der Waals surface area (Å²) < 4.78 is 12.8. The molecule has 2 heterocycles. The molecule has 2 fully saturated rings. The van der Waals surface area contributed by atoms with Crippen LogP contribution in [0.4, 0.5) is 10.3 Å². The van der Waals surface area contributed by atoms with Crippen LogP contribution in [-0.2, 0) is 4.79 Å². The first-order chi connectivity index (χ1) is 9.74. The lowest BCUT2D eigenvalue weighted by Crippen LogP contribution is -2.41. The average molecular weight is 278 g/mol. The lowest BCUT2D eigenvalue weighted by Gasteiger charge is -2.31. The molecule has 6 heteroatoms. The molecule has 1 aliphatic heterocycles. The predicted molar refractivity (Wildman–Crippen MR) is 72.7 cm³/mol. The van der Waals surface area contributed by atoms with E-state index in [1.165, 1.54) is 18.8 Å². The van der Waals surface area contributed by atoms with E-state index in [1.807, 2.05) is 9.80 Å². The maximum Gasteiger partial charge on any atom is 0.225 e. The van der Waals surface area contributed by atoms with Gasteiger partial charge in [-0.3, -0.25) is 4.79 Å². The first-order valence-electron chi connectivity index (χ1n) is 7.25. The molecule has 0 unspecified atom stereocenters. The van der Waals surface area contributed by atoms with Gasteiger partial charge in [-0.05, 0) is 19.3 Å². The van der Waals surface area contributed by atoms with Gasteiger partial charge in [0.25, 0.3) is 0 Å². The van der Waals surface area contributed by atoms with Crippen molar-refractivity contribution < 1.29 is 9.18 Å². The third-order valence-corrected chi connectivity index (χ3v) is 4.15. The number of nitrogens with zero attached hydrogens (tertiary/aromatic N) is 4. The van der Waals surface area contributed by atoms with Crippen LogP contribution in [-0.4, -0.2) is 47.0 Å². The number of rotatable bonds is 2. The summed E-state index contributed by atoms with van der Waals surface area (Å²) in [7, 11) is 0. The first kappa shape index (κ1) is 13.3. The largest absolute Gasteiger partial charge is 0.341 e. The number of halogens is 1. The van der Waals surface area contributed by atoms with Crippen molar-refractivity contribution in [2.24, 2.45) is 5.92 Å². The Morgan fingerprint density at radius 2 is 1.85 bits per heavy atom. The number of anilines is 1. The third-order valence-electron chi connectivity index (χ3n) is 4.15. The van der Waals surface area contributed by atoms with Crippen molar-refractivity contribution in [3.05, 3.63) is 18.2 Å². The number of carbonyl (C=O) groups excluding carboxylic acids is 1.